The minimum Gasteiger partial charge on any atom is -0.341 e. The van der Waals surface area contributed by atoms with Gasteiger partial charge in [0.15, 0.2) is 0 Å². The molecule has 3 rings (SSSR count). The second-order valence-corrected chi connectivity index (χ2v) is 7.10. The number of amides is 1. The van der Waals surface area contributed by atoms with Gasteiger partial charge in [-0.2, -0.15) is 4.98 Å². The Balaban J connectivity index is 1.53. The number of aromatic nitrogens is 3. The van der Waals surface area contributed by atoms with Crippen molar-refractivity contribution in [3.05, 3.63) is 57.5 Å². The number of rotatable bonds is 5. The van der Waals surface area contributed by atoms with Crippen LogP contribution in [0.25, 0.3) is 0 Å². The van der Waals surface area contributed by atoms with Crippen molar-refractivity contribution in [1.82, 2.24) is 24.8 Å². The summed E-state index contributed by atoms with van der Waals surface area (Å²) in [6, 6.07) is 4.04. The SMILES string of the molecule is Cc1nc(=O)[nH]c(C)c1CCC(=O)N1CCCN(Cc2cccnc2)CC1. The highest BCUT2D eigenvalue weighted by atomic mass is 16.2. The van der Waals surface area contributed by atoms with Crippen LogP contribution in [0.1, 0.15) is 35.4 Å². The van der Waals surface area contributed by atoms with Crippen LogP contribution in [0, 0.1) is 13.8 Å². The molecule has 0 unspecified atom stereocenters. The van der Waals surface area contributed by atoms with Gasteiger partial charge >= 0.3 is 5.69 Å². The summed E-state index contributed by atoms with van der Waals surface area (Å²) in [6.07, 6.45) is 5.71. The van der Waals surface area contributed by atoms with Crippen molar-refractivity contribution in [2.75, 3.05) is 26.2 Å². The molecule has 1 N–H and O–H groups in total. The normalized spacial score (nSPS) is 15.6. The summed E-state index contributed by atoms with van der Waals surface area (Å²) in [5.41, 5.74) is 3.35. The number of H-pyrrole nitrogens is 1. The summed E-state index contributed by atoms with van der Waals surface area (Å²) in [5.74, 6) is 0.170. The number of carbonyl (C=O) groups excluding carboxylic acids is 1. The predicted molar refractivity (Wildman–Crippen MR) is 103 cm³/mol. The third-order valence-corrected chi connectivity index (χ3v) is 5.11. The van der Waals surface area contributed by atoms with Crippen LogP contribution >= 0.6 is 0 Å². The van der Waals surface area contributed by atoms with E-state index in [-0.39, 0.29) is 11.6 Å². The molecule has 0 spiro atoms. The highest BCUT2D eigenvalue weighted by Gasteiger charge is 2.19. The van der Waals surface area contributed by atoms with E-state index in [4.69, 9.17) is 0 Å². The topological polar surface area (TPSA) is 82.2 Å². The zero-order chi connectivity index (χ0) is 19.2. The number of hydrogen-bond donors (Lipinski definition) is 1. The van der Waals surface area contributed by atoms with Gasteiger partial charge in [-0.05, 0) is 43.9 Å². The Labute approximate surface area is 159 Å². The lowest BCUT2D eigenvalue weighted by Gasteiger charge is -2.22. The van der Waals surface area contributed by atoms with Crippen molar-refractivity contribution in [2.24, 2.45) is 0 Å². The molecule has 7 heteroatoms. The lowest BCUT2D eigenvalue weighted by atomic mass is 10.1. The summed E-state index contributed by atoms with van der Waals surface area (Å²) >= 11 is 0. The van der Waals surface area contributed by atoms with Gasteiger partial charge in [-0.25, -0.2) is 4.79 Å². The van der Waals surface area contributed by atoms with Gasteiger partial charge in [-0.1, -0.05) is 6.07 Å². The van der Waals surface area contributed by atoms with E-state index in [9.17, 15) is 9.59 Å². The molecule has 1 aliphatic rings. The molecule has 1 fully saturated rings. The Hall–Kier alpha value is -2.54. The number of aryl methyl sites for hydroxylation is 2. The van der Waals surface area contributed by atoms with E-state index in [0.717, 1.165) is 50.4 Å². The van der Waals surface area contributed by atoms with Crippen LogP contribution < -0.4 is 5.69 Å². The Morgan fingerprint density at radius 1 is 1.22 bits per heavy atom. The number of nitrogens with one attached hydrogen (secondary N) is 1. The maximum absolute atomic E-state index is 12.7. The van der Waals surface area contributed by atoms with Gasteiger partial charge in [0, 0.05) is 62.9 Å². The Morgan fingerprint density at radius 2 is 2.07 bits per heavy atom. The summed E-state index contributed by atoms with van der Waals surface area (Å²) in [4.78, 5) is 39.3. The van der Waals surface area contributed by atoms with E-state index < -0.39 is 0 Å². The van der Waals surface area contributed by atoms with Gasteiger partial charge < -0.3 is 9.88 Å². The van der Waals surface area contributed by atoms with E-state index in [1.165, 1.54) is 5.56 Å². The first-order valence-corrected chi connectivity index (χ1v) is 9.48. The van der Waals surface area contributed by atoms with E-state index in [1.807, 2.05) is 31.0 Å². The summed E-state index contributed by atoms with van der Waals surface area (Å²) in [5, 5.41) is 0. The predicted octanol–water partition coefficient (Wildman–Crippen LogP) is 1.45. The fourth-order valence-corrected chi connectivity index (χ4v) is 3.64. The van der Waals surface area contributed by atoms with Crippen molar-refractivity contribution < 1.29 is 4.79 Å². The van der Waals surface area contributed by atoms with Crippen molar-refractivity contribution >= 4 is 5.91 Å². The number of carbonyl (C=O) groups is 1. The monoisotopic (exact) mass is 369 g/mol. The van der Waals surface area contributed by atoms with E-state index >= 15 is 0 Å². The second kappa shape index (κ2) is 8.90. The van der Waals surface area contributed by atoms with Gasteiger partial charge in [0.25, 0.3) is 0 Å². The summed E-state index contributed by atoms with van der Waals surface area (Å²) in [6.45, 7) is 7.96. The van der Waals surface area contributed by atoms with Crippen molar-refractivity contribution in [1.29, 1.82) is 0 Å². The van der Waals surface area contributed by atoms with Gasteiger partial charge in [-0.15, -0.1) is 0 Å². The number of hydrogen-bond acceptors (Lipinski definition) is 5. The molecule has 0 atom stereocenters. The average Bonchev–Trinajstić information content (AvgIpc) is 2.87. The molecule has 2 aromatic rings. The van der Waals surface area contributed by atoms with Crippen LogP contribution in [0.4, 0.5) is 0 Å². The van der Waals surface area contributed by atoms with Crippen LogP contribution in [0.3, 0.4) is 0 Å². The largest absolute Gasteiger partial charge is 0.345 e. The highest BCUT2D eigenvalue weighted by Crippen LogP contribution is 2.13. The van der Waals surface area contributed by atoms with E-state index in [1.54, 1.807) is 6.20 Å². The molecule has 0 saturated carbocycles. The van der Waals surface area contributed by atoms with Crippen LogP contribution in [0.2, 0.25) is 0 Å². The first-order valence-electron chi connectivity index (χ1n) is 9.48. The standard InChI is InChI=1S/C20H27N5O2/c1-15-18(16(2)23-20(27)22-15)6-7-19(26)25-10-4-9-24(11-12-25)14-17-5-3-8-21-13-17/h3,5,8,13H,4,6-7,9-12,14H2,1-2H3,(H,22,23,27). The van der Waals surface area contributed by atoms with Gasteiger partial charge in [0.05, 0.1) is 0 Å². The molecule has 27 heavy (non-hydrogen) atoms. The minimum atomic E-state index is -0.332. The van der Waals surface area contributed by atoms with E-state index in [2.05, 4.69) is 25.9 Å². The Bertz CT molecular complexity index is 808. The maximum atomic E-state index is 12.7. The van der Waals surface area contributed by atoms with Crippen LogP contribution in [0.15, 0.2) is 29.3 Å². The molecular formula is C20H27N5O2. The third-order valence-electron chi connectivity index (χ3n) is 5.11. The summed E-state index contributed by atoms with van der Waals surface area (Å²) < 4.78 is 0. The second-order valence-electron chi connectivity index (χ2n) is 7.10. The minimum absolute atomic E-state index is 0.170. The molecule has 2 aromatic heterocycles. The van der Waals surface area contributed by atoms with Crippen LogP contribution in [0.5, 0.6) is 0 Å². The molecule has 7 nitrogen and oxygen atoms in total. The van der Waals surface area contributed by atoms with E-state index in [0.29, 0.717) is 18.5 Å². The highest BCUT2D eigenvalue weighted by molar-refractivity contribution is 5.76. The molecule has 0 aliphatic carbocycles. The molecule has 0 bridgehead atoms. The molecule has 0 aromatic carbocycles. The fraction of sp³-hybridized carbons (Fsp3) is 0.500. The smallest absolute Gasteiger partial charge is 0.341 e. The first-order chi connectivity index (χ1) is 13.0. The molecule has 1 amide bonds. The fourth-order valence-electron chi connectivity index (χ4n) is 3.64. The van der Waals surface area contributed by atoms with Crippen molar-refractivity contribution in [3.63, 3.8) is 0 Å². The summed E-state index contributed by atoms with van der Waals surface area (Å²) in [7, 11) is 0. The van der Waals surface area contributed by atoms with Crippen LogP contribution in [-0.4, -0.2) is 56.8 Å². The lowest BCUT2D eigenvalue weighted by molar-refractivity contribution is -0.131. The molecule has 1 aliphatic heterocycles. The zero-order valence-corrected chi connectivity index (χ0v) is 16.1. The van der Waals surface area contributed by atoms with Gasteiger partial charge in [-0.3, -0.25) is 14.7 Å². The molecule has 0 radical (unpaired) electrons. The lowest BCUT2D eigenvalue weighted by Crippen LogP contribution is -2.35. The van der Waals surface area contributed by atoms with Gasteiger partial charge in [0.2, 0.25) is 5.91 Å². The Kier molecular flexibility index (Phi) is 6.34. The first kappa shape index (κ1) is 19.2. The number of pyridine rings is 1. The molecule has 3 heterocycles. The number of aromatic amines is 1. The average molecular weight is 369 g/mol. The maximum Gasteiger partial charge on any atom is 0.345 e. The zero-order valence-electron chi connectivity index (χ0n) is 16.1. The third kappa shape index (κ3) is 5.23. The molecular weight excluding hydrogens is 342 g/mol. The molecule has 144 valence electrons. The van der Waals surface area contributed by atoms with Crippen molar-refractivity contribution in [3.8, 4) is 0 Å². The Morgan fingerprint density at radius 3 is 2.81 bits per heavy atom. The molecule has 1 saturated heterocycles. The van der Waals surface area contributed by atoms with Crippen molar-refractivity contribution in [2.45, 2.75) is 39.7 Å². The quantitative estimate of drug-likeness (QED) is 0.863. The van der Waals surface area contributed by atoms with Crippen LogP contribution in [-0.2, 0) is 17.8 Å². The van der Waals surface area contributed by atoms with Gasteiger partial charge in [0.1, 0.15) is 0 Å². The number of nitrogens with zero attached hydrogens (tertiary/aromatic N) is 4.